The molecular formula is C18H31N2O8P. The van der Waals surface area contributed by atoms with Crippen molar-refractivity contribution < 1.29 is 28.0 Å². The Morgan fingerprint density at radius 3 is 2.41 bits per heavy atom. The third-order valence-corrected chi connectivity index (χ3v) is 6.01. The molecule has 29 heavy (non-hydrogen) atoms. The van der Waals surface area contributed by atoms with Gasteiger partial charge in [0.05, 0.1) is 25.9 Å². The molecular weight excluding hydrogens is 403 g/mol. The van der Waals surface area contributed by atoms with Gasteiger partial charge in [-0.05, 0) is 19.8 Å². The second kappa shape index (κ2) is 11.2. The van der Waals surface area contributed by atoms with E-state index in [9.17, 15) is 19.3 Å². The van der Waals surface area contributed by atoms with Gasteiger partial charge in [-0.25, -0.2) is 9.36 Å². The maximum absolute atomic E-state index is 12.8. The Balaban J connectivity index is 2.01. The summed E-state index contributed by atoms with van der Waals surface area (Å²) in [6.45, 7) is 5.79. The van der Waals surface area contributed by atoms with Crippen molar-refractivity contribution in [1.82, 2.24) is 9.55 Å². The van der Waals surface area contributed by atoms with E-state index in [4.69, 9.17) is 18.3 Å². The normalized spacial score (nSPS) is 22.3. The predicted octanol–water partition coefficient (Wildman–Crippen LogP) is 2.25. The van der Waals surface area contributed by atoms with E-state index in [1.54, 1.807) is 6.92 Å². The van der Waals surface area contributed by atoms with Crippen molar-refractivity contribution in [3.05, 3.63) is 32.6 Å². The van der Waals surface area contributed by atoms with Crippen LogP contribution in [0, 0.1) is 6.92 Å². The molecule has 1 aromatic rings. The van der Waals surface area contributed by atoms with Crippen LogP contribution in [0.5, 0.6) is 0 Å². The summed E-state index contributed by atoms with van der Waals surface area (Å²) in [7, 11) is -3.78. The molecule has 2 heterocycles. The lowest BCUT2D eigenvalue weighted by molar-refractivity contribution is -0.0482. The quantitative estimate of drug-likeness (QED) is 0.379. The summed E-state index contributed by atoms with van der Waals surface area (Å²) in [6.07, 6.45) is 2.13. The van der Waals surface area contributed by atoms with Crippen molar-refractivity contribution >= 4 is 7.82 Å². The van der Waals surface area contributed by atoms with Crippen LogP contribution in [0.2, 0.25) is 0 Å². The first-order chi connectivity index (χ1) is 13.8. The highest BCUT2D eigenvalue weighted by molar-refractivity contribution is 7.48. The van der Waals surface area contributed by atoms with Crippen LogP contribution in [-0.2, 0) is 22.9 Å². The zero-order valence-electron chi connectivity index (χ0n) is 17.2. The molecule has 2 N–H and O–H groups in total. The number of aromatic nitrogens is 2. The third-order valence-electron chi connectivity index (χ3n) is 4.55. The van der Waals surface area contributed by atoms with Crippen molar-refractivity contribution in [2.45, 2.75) is 71.3 Å². The van der Waals surface area contributed by atoms with E-state index < -0.39 is 37.5 Å². The van der Waals surface area contributed by atoms with Gasteiger partial charge >= 0.3 is 13.5 Å². The predicted molar refractivity (Wildman–Crippen MR) is 106 cm³/mol. The minimum atomic E-state index is -3.78. The van der Waals surface area contributed by atoms with Gasteiger partial charge in [-0.15, -0.1) is 0 Å². The Labute approximate surface area is 169 Å². The zero-order valence-corrected chi connectivity index (χ0v) is 18.1. The number of phosphoric acid groups is 1. The van der Waals surface area contributed by atoms with Crippen molar-refractivity contribution in [3.63, 3.8) is 0 Å². The van der Waals surface area contributed by atoms with E-state index in [0.717, 1.165) is 12.8 Å². The number of rotatable bonds is 12. The molecule has 0 saturated carbocycles. The van der Waals surface area contributed by atoms with E-state index in [-0.39, 0.29) is 26.2 Å². The number of H-pyrrole nitrogens is 1. The highest BCUT2D eigenvalue weighted by Gasteiger charge is 2.38. The lowest BCUT2D eigenvalue weighted by Crippen LogP contribution is -2.33. The van der Waals surface area contributed by atoms with Gasteiger partial charge in [0.2, 0.25) is 0 Å². The summed E-state index contributed by atoms with van der Waals surface area (Å²) in [5, 5.41) is 10.3. The van der Waals surface area contributed by atoms with Gasteiger partial charge in [0.15, 0.2) is 0 Å². The summed E-state index contributed by atoms with van der Waals surface area (Å²) < 4.78 is 35.9. The number of hydrogen-bond acceptors (Lipinski definition) is 8. The molecule has 1 fully saturated rings. The van der Waals surface area contributed by atoms with Crippen LogP contribution in [0.15, 0.2) is 15.8 Å². The standard InChI is InChI=1S/C18H31N2O8P/c1-4-6-8-25-29(24,26-9-7-5-2)27-12-15-14(21)10-16(28-15)20-11-13(3)17(22)19-18(20)23/h11,14-16,21H,4-10,12H2,1-3H3,(H,19,22,23)/t14-,15+,16+/m0/s1. The molecule has 1 aliphatic rings. The Morgan fingerprint density at radius 1 is 1.21 bits per heavy atom. The molecule has 1 aromatic heterocycles. The van der Waals surface area contributed by atoms with Crippen LogP contribution in [-0.4, -0.2) is 46.7 Å². The minimum absolute atomic E-state index is 0.122. The molecule has 166 valence electrons. The Hall–Kier alpha value is -1.29. The van der Waals surface area contributed by atoms with Gasteiger partial charge in [-0.1, -0.05) is 26.7 Å². The van der Waals surface area contributed by atoms with Crippen LogP contribution in [0.4, 0.5) is 0 Å². The lowest BCUT2D eigenvalue weighted by Gasteiger charge is -2.21. The van der Waals surface area contributed by atoms with E-state index in [0.29, 0.717) is 18.4 Å². The Kier molecular flexibility index (Phi) is 9.26. The van der Waals surface area contributed by atoms with Gasteiger partial charge in [0.25, 0.3) is 5.56 Å². The Bertz CT molecular complexity index is 794. The van der Waals surface area contributed by atoms with Gasteiger partial charge in [0.1, 0.15) is 12.3 Å². The first-order valence-corrected chi connectivity index (χ1v) is 11.4. The number of nitrogens with zero attached hydrogens (tertiary/aromatic N) is 1. The molecule has 1 saturated heterocycles. The lowest BCUT2D eigenvalue weighted by atomic mass is 10.2. The second-order valence-corrected chi connectivity index (χ2v) is 8.70. The number of nitrogens with one attached hydrogen (secondary N) is 1. The van der Waals surface area contributed by atoms with Gasteiger partial charge < -0.3 is 9.84 Å². The van der Waals surface area contributed by atoms with E-state index >= 15 is 0 Å². The first-order valence-electron chi connectivity index (χ1n) is 9.99. The maximum atomic E-state index is 12.8. The molecule has 1 aliphatic heterocycles. The highest BCUT2D eigenvalue weighted by Crippen LogP contribution is 2.50. The van der Waals surface area contributed by atoms with E-state index in [1.807, 2.05) is 13.8 Å². The summed E-state index contributed by atoms with van der Waals surface area (Å²) in [5.41, 5.74) is -0.754. The largest absolute Gasteiger partial charge is 0.474 e. The molecule has 0 spiro atoms. The van der Waals surface area contributed by atoms with Crippen molar-refractivity contribution in [2.75, 3.05) is 19.8 Å². The fraction of sp³-hybridized carbons (Fsp3) is 0.778. The molecule has 3 atom stereocenters. The first kappa shape index (κ1) is 24.0. The summed E-state index contributed by atoms with van der Waals surface area (Å²) in [6, 6.07) is 0. The fourth-order valence-corrected chi connectivity index (χ4v) is 4.01. The van der Waals surface area contributed by atoms with Crippen molar-refractivity contribution in [3.8, 4) is 0 Å². The van der Waals surface area contributed by atoms with Gasteiger partial charge in [-0.2, -0.15) is 0 Å². The third kappa shape index (κ3) is 6.87. The average Bonchev–Trinajstić information content (AvgIpc) is 3.04. The number of hydrogen-bond donors (Lipinski definition) is 2. The summed E-state index contributed by atoms with van der Waals surface area (Å²) in [5.74, 6) is 0. The molecule has 0 radical (unpaired) electrons. The van der Waals surface area contributed by atoms with Crippen LogP contribution in [0.1, 0.15) is 57.7 Å². The number of unbranched alkanes of at least 4 members (excludes halogenated alkanes) is 2. The van der Waals surface area contributed by atoms with Crippen molar-refractivity contribution in [1.29, 1.82) is 0 Å². The van der Waals surface area contributed by atoms with Crippen LogP contribution in [0.25, 0.3) is 0 Å². The smallest absolute Gasteiger partial charge is 0.390 e. The summed E-state index contributed by atoms with van der Waals surface area (Å²) >= 11 is 0. The van der Waals surface area contributed by atoms with E-state index in [1.165, 1.54) is 10.8 Å². The number of phosphoric ester groups is 1. The maximum Gasteiger partial charge on any atom is 0.474 e. The number of aliphatic hydroxyl groups excluding tert-OH is 1. The molecule has 2 rings (SSSR count). The number of aliphatic hydroxyl groups is 1. The molecule has 10 nitrogen and oxygen atoms in total. The number of aromatic amines is 1. The Morgan fingerprint density at radius 2 is 1.83 bits per heavy atom. The fourth-order valence-electron chi connectivity index (χ4n) is 2.75. The average molecular weight is 434 g/mol. The zero-order chi connectivity index (χ0) is 21.4. The minimum Gasteiger partial charge on any atom is -0.390 e. The van der Waals surface area contributed by atoms with Crippen molar-refractivity contribution in [2.24, 2.45) is 0 Å². The number of aryl methyl sites for hydroxylation is 1. The molecule has 0 aromatic carbocycles. The van der Waals surface area contributed by atoms with Crippen LogP contribution >= 0.6 is 7.82 Å². The SMILES string of the molecule is CCCCOP(=O)(OCCCC)OC[C@H]1O[C@@H](n2cc(C)c(=O)[nH]c2=O)C[C@@H]1O. The number of ether oxygens (including phenoxy) is 1. The molecule has 0 amide bonds. The summed E-state index contributed by atoms with van der Waals surface area (Å²) in [4.78, 5) is 25.8. The highest BCUT2D eigenvalue weighted by atomic mass is 31.2. The molecule has 11 heteroatoms. The topological polar surface area (TPSA) is 129 Å². The van der Waals surface area contributed by atoms with Crippen LogP contribution < -0.4 is 11.2 Å². The monoisotopic (exact) mass is 434 g/mol. The van der Waals surface area contributed by atoms with Gasteiger partial charge in [-0.3, -0.25) is 27.9 Å². The molecule has 0 bridgehead atoms. The second-order valence-electron chi connectivity index (χ2n) is 7.03. The van der Waals surface area contributed by atoms with Gasteiger partial charge in [0, 0.05) is 18.2 Å². The molecule has 0 unspecified atom stereocenters. The van der Waals surface area contributed by atoms with E-state index in [2.05, 4.69) is 4.98 Å². The molecule has 0 aliphatic carbocycles. The van der Waals surface area contributed by atoms with Crippen LogP contribution in [0.3, 0.4) is 0 Å².